The van der Waals surface area contributed by atoms with Gasteiger partial charge in [0.2, 0.25) is 0 Å². The van der Waals surface area contributed by atoms with Gasteiger partial charge in [-0.15, -0.1) is 0 Å². The number of rotatable bonds is 1. The monoisotopic (exact) mass is 174 g/mol. The lowest BCUT2D eigenvalue weighted by molar-refractivity contribution is 0.486. The van der Waals surface area contributed by atoms with E-state index in [1.807, 2.05) is 0 Å². The standard InChI is InChI=1S/C12H16N/c1-13(2,3)12-8-7-10-5-4-6-11(10)9-12/h4-5,7-9H,6H2,1-3H3/q+1. The molecule has 0 atom stereocenters. The number of hydrogen-bond donors (Lipinski definition) is 0. The van der Waals surface area contributed by atoms with Crippen LogP contribution < -0.4 is 4.48 Å². The second-order valence-electron chi connectivity index (χ2n) is 4.50. The van der Waals surface area contributed by atoms with Gasteiger partial charge in [-0.1, -0.05) is 12.2 Å². The number of hydrogen-bond acceptors (Lipinski definition) is 0. The van der Waals surface area contributed by atoms with E-state index in [1.54, 1.807) is 0 Å². The van der Waals surface area contributed by atoms with Crippen molar-refractivity contribution < 1.29 is 0 Å². The molecule has 1 aromatic rings. The number of quaternary nitrogens is 1. The maximum absolute atomic E-state index is 2.31. The van der Waals surface area contributed by atoms with E-state index in [1.165, 1.54) is 16.8 Å². The normalized spacial score (nSPS) is 14.7. The van der Waals surface area contributed by atoms with E-state index in [0.29, 0.717) is 0 Å². The van der Waals surface area contributed by atoms with Crippen molar-refractivity contribution in [3.05, 3.63) is 35.4 Å². The van der Waals surface area contributed by atoms with Crippen molar-refractivity contribution in [3.63, 3.8) is 0 Å². The summed E-state index contributed by atoms with van der Waals surface area (Å²) in [5.41, 5.74) is 4.23. The largest absolute Gasteiger partial charge is 0.298 e. The summed E-state index contributed by atoms with van der Waals surface area (Å²) in [5.74, 6) is 0. The first-order valence-corrected chi connectivity index (χ1v) is 4.69. The molecule has 2 rings (SSSR count). The number of allylic oxidation sites excluding steroid dienone is 1. The summed E-state index contributed by atoms with van der Waals surface area (Å²) in [6.45, 7) is 0. The molecule has 0 bridgehead atoms. The van der Waals surface area contributed by atoms with Crippen LogP contribution in [0.3, 0.4) is 0 Å². The highest BCUT2D eigenvalue weighted by atomic mass is 15.3. The van der Waals surface area contributed by atoms with E-state index in [9.17, 15) is 0 Å². The summed E-state index contributed by atoms with van der Waals surface area (Å²) in [6.07, 6.45) is 5.53. The molecule has 0 N–H and O–H groups in total. The maximum atomic E-state index is 2.31. The highest BCUT2D eigenvalue weighted by Crippen LogP contribution is 2.26. The molecule has 68 valence electrons. The fourth-order valence-corrected chi connectivity index (χ4v) is 1.66. The second-order valence-corrected chi connectivity index (χ2v) is 4.50. The zero-order chi connectivity index (χ0) is 9.47. The minimum Gasteiger partial charge on any atom is -0.298 e. The fourth-order valence-electron chi connectivity index (χ4n) is 1.66. The average molecular weight is 174 g/mol. The molecule has 0 saturated carbocycles. The molecule has 1 nitrogen and oxygen atoms in total. The van der Waals surface area contributed by atoms with Gasteiger partial charge in [-0.25, -0.2) is 0 Å². The Labute approximate surface area is 79.9 Å². The van der Waals surface area contributed by atoms with Gasteiger partial charge in [0.1, 0.15) is 5.69 Å². The molecule has 0 aliphatic heterocycles. The Morgan fingerprint density at radius 2 is 1.92 bits per heavy atom. The van der Waals surface area contributed by atoms with Gasteiger partial charge in [0, 0.05) is 6.07 Å². The van der Waals surface area contributed by atoms with Gasteiger partial charge in [0.05, 0.1) is 21.1 Å². The average Bonchev–Trinajstić information content (AvgIpc) is 2.47. The molecule has 0 saturated heterocycles. The van der Waals surface area contributed by atoms with Crippen LogP contribution >= 0.6 is 0 Å². The third-order valence-corrected chi connectivity index (χ3v) is 2.54. The third kappa shape index (κ3) is 1.52. The Bertz CT molecular complexity index is 356. The first-order valence-electron chi connectivity index (χ1n) is 4.69. The molecule has 13 heavy (non-hydrogen) atoms. The van der Waals surface area contributed by atoms with Gasteiger partial charge in [-0.3, -0.25) is 4.48 Å². The molecule has 0 radical (unpaired) electrons. The van der Waals surface area contributed by atoms with Crippen LogP contribution in [-0.2, 0) is 6.42 Å². The molecule has 0 amide bonds. The van der Waals surface area contributed by atoms with Crippen molar-refractivity contribution in [2.75, 3.05) is 21.1 Å². The quantitative estimate of drug-likeness (QED) is 0.574. The van der Waals surface area contributed by atoms with Crippen LogP contribution in [0.5, 0.6) is 0 Å². The summed E-state index contributed by atoms with van der Waals surface area (Å²) in [4.78, 5) is 0. The van der Waals surface area contributed by atoms with Gasteiger partial charge in [-0.05, 0) is 29.7 Å². The third-order valence-electron chi connectivity index (χ3n) is 2.54. The highest BCUT2D eigenvalue weighted by molar-refractivity contribution is 5.63. The van der Waals surface area contributed by atoms with Crippen LogP contribution in [0, 0.1) is 0 Å². The summed E-state index contributed by atoms with van der Waals surface area (Å²) in [5, 5.41) is 0. The second kappa shape index (κ2) is 2.71. The Kier molecular flexibility index (Phi) is 1.77. The summed E-state index contributed by atoms with van der Waals surface area (Å²) >= 11 is 0. The summed E-state index contributed by atoms with van der Waals surface area (Å²) < 4.78 is 0.896. The lowest BCUT2D eigenvalue weighted by Crippen LogP contribution is -2.34. The van der Waals surface area contributed by atoms with Crippen molar-refractivity contribution in [2.45, 2.75) is 6.42 Å². The van der Waals surface area contributed by atoms with E-state index in [-0.39, 0.29) is 0 Å². The zero-order valence-electron chi connectivity index (χ0n) is 8.54. The van der Waals surface area contributed by atoms with Crippen molar-refractivity contribution >= 4 is 11.8 Å². The number of nitrogens with zero attached hydrogens (tertiary/aromatic N) is 1. The highest BCUT2D eigenvalue weighted by Gasteiger charge is 2.14. The lowest BCUT2D eigenvalue weighted by atomic mass is 10.1. The van der Waals surface area contributed by atoms with Gasteiger partial charge in [-0.2, -0.15) is 0 Å². The zero-order valence-corrected chi connectivity index (χ0v) is 8.54. The van der Waals surface area contributed by atoms with E-state index in [2.05, 4.69) is 51.5 Å². The molecule has 0 unspecified atom stereocenters. The maximum Gasteiger partial charge on any atom is 0.132 e. The van der Waals surface area contributed by atoms with Crippen LogP contribution in [0.1, 0.15) is 11.1 Å². The topological polar surface area (TPSA) is 0 Å². The Morgan fingerprint density at radius 1 is 1.15 bits per heavy atom. The summed E-state index contributed by atoms with van der Waals surface area (Å²) in [7, 11) is 6.60. The van der Waals surface area contributed by atoms with Gasteiger partial charge < -0.3 is 0 Å². The number of benzene rings is 1. The molecule has 0 fully saturated rings. The summed E-state index contributed by atoms with van der Waals surface area (Å²) in [6, 6.07) is 6.75. The SMILES string of the molecule is C[N+](C)(C)c1ccc2c(c1)CC=C2. The Morgan fingerprint density at radius 3 is 2.62 bits per heavy atom. The number of fused-ring (bicyclic) bond motifs is 1. The van der Waals surface area contributed by atoms with Crippen molar-refractivity contribution in [1.82, 2.24) is 4.48 Å². The smallest absolute Gasteiger partial charge is 0.132 e. The van der Waals surface area contributed by atoms with Crippen LogP contribution in [0.4, 0.5) is 5.69 Å². The van der Waals surface area contributed by atoms with Gasteiger partial charge in [0.25, 0.3) is 0 Å². The molecule has 0 heterocycles. The van der Waals surface area contributed by atoms with Crippen molar-refractivity contribution in [3.8, 4) is 0 Å². The Hall–Kier alpha value is -1.08. The van der Waals surface area contributed by atoms with Gasteiger partial charge in [0.15, 0.2) is 0 Å². The first-order chi connectivity index (χ1) is 6.07. The molecule has 0 aromatic heterocycles. The van der Waals surface area contributed by atoms with E-state index in [0.717, 1.165) is 10.9 Å². The molecular weight excluding hydrogens is 158 g/mol. The molecular formula is C12H16N+. The predicted octanol–water partition coefficient (Wildman–Crippen LogP) is 2.45. The van der Waals surface area contributed by atoms with Crippen molar-refractivity contribution in [1.29, 1.82) is 0 Å². The predicted molar refractivity (Wildman–Crippen MR) is 58.7 cm³/mol. The fraction of sp³-hybridized carbons (Fsp3) is 0.333. The Balaban J connectivity index is 2.45. The van der Waals surface area contributed by atoms with E-state index >= 15 is 0 Å². The minimum absolute atomic E-state index is 0.896. The van der Waals surface area contributed by atoms with Crippen molar-refractivity contribution in [2.24, 2.45) is 0 Å². The van der Waals surface area contributed by atoms with E-state index in [4.69, 9.17) is 0 Å². The molecule has 1 aliphatic rings. The van der Waals surface area contributed by atoms with Crippen LogP contribution in [0.25, 0.3) is 6.08 Å². The first kappa shape index (κ1) is 8.52. The molecule has 1 aromatic carbocycles. The molecule has 1 aliphatic carbocycles. The molecule has 0 spiro atoms. The lowest BCUT2D eigenvalue weighted by Gasteiger charge is -2.23. The van der Waals surface area contributed by atoms with Gasteiger partial charge >= 0.3 is 0 Å². The van der Waals surface area contributed by atoms with E-state index < -0.39 is 0 Å². The van der Waals surface area contributed by atoms with Crippen LogP contribution in [0.15, 0.2) is 24.3 Å². The van der Waals surface area contributed by atoms with Crippen LogP contribution in [-0.4, -0.2) is 21.1 Å². The molecule has 1 heteroatoms. The van der Waals surface area contributed by atoms with Crippen LogP contribution in [0.2, 0.25) is 0 Å². The minimum atomic E-state index is 0.896.